The van der Waals surface area contributed by atoms with Gasteiger partial charge in [-0.3, -0.25) is 5.43 Å². The number of nitrogens with zero attached hydrogens (tertiary/aromatic N) is 2. The Balaban J connectivity index is 1.72. The molecule has 0 aliphatic heterocycles. The lowest BCUT2D eigenvalue weighted by molar-refractivity contribution is 0.297. The highest BCUT2D eigenvalue weighted by molar-refractivity contribution is 7.13. The summed E-state index contributed by atoms with van der Waals surface area (Å²) in [6.07, 6.45) is 1.71. The Morgan fingerprint density at radius 2 is 2.07 bits per heavy atom. The molecule has 0 spiro atoms. The average molecular weight is 422 g/mol. The zero-order valence-corrected chi connectivity index (χ0v) is 17.0. The number of aryl methyl sites for hydroxylation is 1. The van der Waals surface area contributed by atoms with Crippen LogP contribution < -0.4 is 14.9 Å². The third-order valence-corrected chi connectivity index (χ3v) is 5.26. The van der Waals surface area contributed by atoms with E-state index in [-0.39, 0.29) is 6.61 Å². The maximum Gasteiger partial charge on any atom is 0.203 e. The van der Waals surface area contributed by atoms with E-state index in [2.05, 4.69) is 15.5 Å². The number of ether oxygens (including phenoxy) is 2. The summed E-state index contributed by atoms with van der Waals surface area (Å²) >= 11 is 13.7. The van der Waals surface area contributed by atoms with Gasteiger partial charge in [-0.2, -0.15) is 5.10 Å². The van der Waals surface area contributed by atoms with Crippen LogP contribution in [0.15, 0.2) is 46.9 Å². The summed E-state index contributed by atoms with van der Waals surface area (Å²) < 4.78 is 11.2. The number of hydrogen-bond donors (Lipinski definition) is 1. The van der Waals surface area contributed by atoms with Crippen molar-refractivity contribution in [2.24, 2.45) is 5.10 Å². The Bertz CT molecular complexity index is 960. The zero-order valence-electron chi connectivity index (χ0n) is 14.7. The summed E-state index contributed by atoms with van der Waals surface area (Å²) in [7, 11) is 1.62. The normalized spacial score (nSPS) is 11.0. The number of anilines is 1. The van der Waals surface area contributed by atoms with Crippen molar-refractivity contribution in [3.63, 3.8) is 0 Å². The number of thiazole rings is 1. The van der Waals surface area contributed by atoms with Crippen LogP contribution in [0.3, 0.4) is 0 Å². The molecule has 1 aromatic heterocycles. The van der Waals surface area contributed by atoms with Crippen LogP contribution in [0.25, 0.3) is 0 Å². The average Bonchev–Trinajstić information content (AvgIpc) is 3.08. The van der Waals surface area contributed by atoms with E-state index >= 15 is 0 Å². The molecule has 1 N–H and O–H groups in total. The molecule has 3 rings (SSSR count). The molecule has 1 heterocycles. The van der Waals surface area contributed by atoms with Crippen LogP contribution in [-0.2, 0) is 6.61 Å². The first kappa shape index (κ1) is 19.5. The van der Waals surface area contributed by atoms with Gasteiger partial charge in [0.15, 0.2) is 0 Å². The van der Waals surface area contributed by atoms with Gasteiger partial charge in [0.2, 0.25) is 5.13 Å². The largest absolute Gasteiger partial charge is 0.496 e. The monoisotopic (exact) mass is 421 g/mol. The smallest absolute Gasteiger partial charge is 0.203 e. The highest BCUT2D eigenvalue weighted by atomic mass is 35.5. The molecular weight excluding hydrogens is 405 g/mol. The van der Waals surface area contributed by atoms with E-state index in [1.807, 2.05) is 30.5 Å². The second-order valence-electron chi connectivity index (χ2n) is 5.58. The molecule has 0 aliphatic rings. The lowest BCUT2D eigenvalue weighted by atomic mass is 10.1. The molecular formula is C19H17Cl2N3O2S. The van der Waals surface area contributed by atoms with Crippen molar-refractivity contribution < 1.29 is 9.47 Å². The SMILES string of the molecule is COc1ccc(C=NNc2nc(C)cs2)cc1COc1cccc(Cl)c1Cl. The number of aromatic nitrogens is 1. The molecule has 0 radical (unpaired) electrons. The van der Waals surface area contributed by atoms with Crippen LogP contribution in [0.2, 0.25) is 10.0 Å². The van der Waals surface area contributed by atoms with Crippen LogP contribution in [-0.4, -0.2) is 18.3 Å². The summed E-state index contributed by atoms with van der Waals surface area (Å²) in [4.78, 5) is 4.30. The fraction of sp³-hybridized carbons (Fsp3) is 0.158. The minimum absolute atomic E-state index is 0.282. The summed E-state index contributed by atoms with van der Waals surface area (Å²) in [6.45, 7) is 2.22. The Hall–Kier alpha value is -2.28. The Labute approximate surface area is 171 Å². The lowest BCUT2D eigenvalue weighted by Crippen LogP contribution is -2.01. The number of methoxy groups -OCH3 is 1. The third kappa shape index (κ3) is 5.13. The molecule has 0 unspecified atom stereocenters. The minimum Gasteiger partial charge on any atom is -0.496 e. The predicted molar refractivity (Wildman–Crippen MR) is 112 cm³/mol. The lowest BCUT2D eigenvalue weighted by Gasteiger charge is -2.12. The van der Waals surface area contributed by atoms with Crippen molar-refractivity contribution in [2.75, 3.05) is 12.5 Å². The zero-order chi connectivity index (χ0) is 19.2. The second-order valence-corrected chi connectivity index (χ2v) is 7.22. The molecule has 27 heavy (non-hydrogen) atoms. The topological polar surface area (TPSA) is 55.7 Å². The van der Waals surface area contributed by atoms with Gasteiger partial charge in [0.25, 0.3) is 0 Å². The maximum absolute atomic E-state index is 6.17. The van der Waals surface area contributed by atoms with E-state index in [0.717, 1.165) is 22.0 Å². The fourth-order valence-electron chi connectivity index (χ4n) is 2.31. The summed E-state index contributed by atoms with van der Waals surface area (Å²) in [5.74, 6) is 1.24. The van der Waals surface area contributed by atoms with Gasteiger partial charge in [0.1, 0.15) is 23.1 Å². The molecule has 0 atom stereocenters. The van der Waals surface area contributed by atoms with Gasteiger partial charge in [-0.25, -0.2) is 4.98 Å². The number of hydrogen-bond acceptors (Lipinski definition) is 6. The predicted octanol–water partition coefficient (Wildman–Crippen LogP) is 5.79. The van der Waals surface area contributed by atoms with Crippen molar-refractivity contribution in [3.05, 3.63) is 68.6 Å². The quantitative estimate of drug-likeness (QED) is 0.387. The summed E-state index contributed by atoms with van der Waals surface area (Å²) in [5, 5.41) is 7.76. The molecule has 0 saturated carbocycles. The number of rotatable bonds is 7. The summed E-state index contributed by atoms with van der Waals surface area (Å²) in [5.41, 5.74) is 5.63. The first-order valence-electron chi connectivity index (χ1n) is 8.01. The van der Waals surface area contributed by atoms with E-state index in [1.54, 1.807) is 31.5 Å². The molecule has 8 heteroatoms. The Kier molecular flexibility index (Phi) is 6.55. The molecule has 3 aromatic rings. The fourth-order valence-corrected chi connectivity index (χ4v) is 3.29. The van der Waals surface area contributed by atoms with Crippen LogP contribution in [0, 0.1) is 6.92 Å². The van der Waals surface area contributed by atoms with Gasteiger partial charge >= 0.3 is 0 Å². The molecule has 0 fully saturated rings. The Morgan fingerprint density at radius 1 is 1.22 bits per heavy atom. The van der Waals surface area contributed by atoms with Crippen LogP contribution in [0.1, 0.15) is 16.8 Å². The van der Waals surface area contributed by atoms with Gasteiger partial charge in [0, 0.05) is 10.9 Å². The van der Waals surface area contributed by atoms with Crippen LogP contribution in [0.4, 0.5) is 5.13 Å². The van der Waals surface area contributed by atoms with Crippen molar-refractivity contribution in [1.82, 2.24) is 4.98 Å². The first-order chi connectivity index (χ1) is 13.1. The second kappa shape index (κ2) is 9.08. The Morgan fingerprint density at radius 3 is 2.81 bits per heavy atom. The maximum atomic E-state index is 6.17. The van der Waals surface area contributed by atoms with Gasteiger partial charge < -0.3 is 9.47 Å². The van der Waals surface area contributed by atoms with E-state index in [9.17, 15) is 0 Å². The van der Waals surface area contributed by atoms with E-state index in [1.165, 1.54) is 11.3 Å². The first-order valence-corrected chi connectivity index (χ1v) is 9.65. The van der Waals surface area contributed by atoms with E-state index in [0.29, 0.717) is 21.5 Å². The molecule has 0 amide bonds. The molecule has 0 bridgehead atoms. The van der Waals surface area contributed by atoms with Gasteiger partial charge in [-0.05, 0) is 42.8 Å². The highest BCUT2D eigenvalue weighted by Crippen LogP contribution is 2.32. The van der Waals surface area contributed by atoms with Gasteiger partial charge in [0.05, 0.1) is 24.0 Å². The van der Waals surface area contributed by atoms with Crippen molar-refractivity contribution in [3.8, 4) is 11.5 Å². The molecule has 140 valence electrons. The van der Waals surface area contributed by atoms with Crippen LogP contribution >= 0.6 is 34.5 Å². The molecule has 2 aromatic carbocycles. The molecule has 0 saturated heterocycles. The number of halogens is 2. The van der Waals surface area contributed by atoms with Gasteiger partial charge in [-0.15, -0.1) is 11.3 Å². The van der Waals surface area contributed by atoms with E-state index in [4.69, 9.17) is 32.7 Å². The van der Waals surface area contributed by atoms with Crippen LogP contribution in [0.5, 0.6) is 11.5 Å². The molecule has 0 aliphatic carbocycles. The number of benzene rings is 2. The number of hydrazone groups is 1. The molecule has 5 nitrogen and oxygen atoms in total. The third-order valence-electron chi connectivity index (χ3n) is 3.60. The van der Waals surface area contributed by atoms with Crippen molar-refractivity contribution >= 4 is 45.9 Å². The summed E-state index contributed by atoms with van der Waals surface area (Å²) in [6, 6.07) is 11.0. The van der Waals surface area contributed by atoms with E-state index < -0.39 is 0 Å². The highest BCUT2D eigenvalue weighted by Gasteiger charge is 2.09. The van der Waals surface area contributed by atoms with Crippen molar-refractivity contribution in [1.29, 1.82) is 0 Å². The number of nitrogens with one attached hydrogen (secondary N) is 1. The standard InChI is InChI=1S/C19H17Cl2N3O2S/c1-12-11-27-19(23-12)24-22-9-13-6-7-16(25-2)14(8-13)10-26-17-5-3-4-15(20)18(17)21/h3-9,11H,10H2,1-2H3,(H,23,24). The van der Waals surface area contributed by atoms with Gasteiger partial charge in [-0.1, -0.05) is 29.3 Å². The minimum atomic E-state index is 0.282. The van der Waals surface area contributed by atoms with Crippen molar-refractivity contribution in [2.45, 2.75) is 13.5 Å².